The number of para-hydroxylation sites is 2. The van der Waals surface area contributed by atoms with Crippen LogP contribution in [0.5, 0.6) is 0 Å². The summed E-state index contributed by atoms with van der Waals surface area (Å²) in [6.45, 7) is 0.514. The van der Waals surface area contributed by atoms with E-state index in [1.165, 1.54) is 10.2 Å². The van der Waals surface area contributed by atoms with E-state index in [2.05, 4.69) is 27.5 Å². The zero-order chi connectivity index (χ0) is 23.3. The van der Waals surface area contributed by atoms with E-state index in [0.29, 0.717) is 28.7 Å². The quantitative estimate of drug-likeness (QED) is 0.290. The predicted molar refractivity (Wildman–Crippen MR) is 134 cm³/mol. The third-order valence-corrected chi connectivity index (χ3v) is 5.48. The van der Waals surface area contributed by atoms with E-state index >= 15 is 0 Å². The number of aromatic nitrogens is 4. The summed E-state index contributed by atoms with van der Waals surface area (Å²) in [5, 5.41) is 7.47. The van der Waals surface area contributed by atoms with Gasteiger partial charge >= 0.3 is 0 Å². The highest BCUT2D eigenvalue weighted by Crippen LogP contribution is 2.27. The van der Waals surface area contributed by atoms with E-state index in [9.17, 15) is 4.79 Å². The molecule has 0 aliphatic heterocycles. The minimum Gasteiger partial charge on any atom is -0.383 e. The number of nitrogens with one attached hydrogen (secondary N) is 1. The van der Waals surface area contributed by atoms with Crippen molar-refractivity contribution in [3.05, 3.63) is 95.8 Å². The van der Waals surface area contributed by atoms with Gasteiger partial charge in [0, 0.05) is 24.5 Å². The van der Waals surface area contributed by atoms with Gasteiger partial charge in [0.15, 0.2) is 5.65 Å². The number of benzene rings is 2. The van der Waals surface area contributed by atoms with Gasteiger partial charge in [-0.3, -0.25) is 9.78 Å². The minimum atomic E-state index is -0.296. The molecule has 0 atom stereocenters. The van der Waals surface area contributed by atoms with Gasteiger partial charge in [0.05, 0.1) is 17.2 Å². The highest BCUT2D eigenvalue weighted by atomic mass is 16.1. The fraction of sp³-hybridized carbons (Fsp3) is 0.115. The van der Waals surface area contributed by atoms with Crippen LogP contribution >= 0.6 is 0 Å². The van der Waals surface area contributed by atoms with E-state index in [0.717, 1.165) is 18.4 Å². The summed E-state index contributed by atoms with van der Waals surface area (Å²) < 4.78 is 1.46. The normalized spacial score (nSPS) is 11.4. The van der Waals surface area contributed by atoms with Gasteiger partial charge in [-0.15, -0.1) is 0 Å². The Hall–Kier alpha value is -4.59. The fourth-order valence-electron chi connectivity index (χ4n) is 3.79. The highest BCUT2D eigenvalue weighted by molar-refractivity contribution is 6.10. The average molecular weight is 450 g/mol. The summed E-state index contributed by atoms with van der Waals surface area (Å²) in [6.07, 6.45) is 6.68. The summed E-state index contributed by atoms with van der Waals surface area (Å²) in [7, 11) is 0. The van der Waals surface area contributed by atoms with Crippen LogP contribution in [-0.2, 0) is 6.42 Å². The van der Waals surface area contributed by atoms with Gasteiger partial charge < -0.3 is 11.1 Å². The van der Waals surface area contributed by atoms with Gasteiger partial charge in [0.25, 0.3) is 5.91 Å². The summed E-state index contributed by atoms with van der Waals surface area (Å²) in [4.78, 5) is 26.7. The SMILES string of the molecule is Nc1c(C(=O)NCCCc2ccccc2)c2nc3ccccc3nc2n1/N=C/c1cccnc1. The van der Waals surface area contributed by atoms with Crippen LogP contribution in [0.15, 0.2) is 84.2 Å². The lowest BCUT2D eigenvalue weighted by atomic mass is 10.1. The van der Waals surface area contributed by atoms with Crippen LogP contribution < -0.4 is 11.1 Å². The number of nitrogens with zero attached hydrogens (tertiary/aromatic N) is 5. The third kappa shape index (κ3) is 4.33. The maximum absolute atomic E-state index is 13.2. The third-order valence-electron chi connectivity index (χ3n) is 5.48. The number of pyridine rings is 1. The second-order valence-electron chi connectivity index (χ2n) is 7.83. The van der Waals surface area contributed by atoms with Gasteiger partial charge in [-0.2, -0.15) is 9.78 Å². The molecule has 1 amide bonds. The van der Waals surface area contributed by atoms with Crippen molar-refractivity contribution < 1.29 is 4.79 Å². The number of amides is 1. The first kappa shape index (κ1) is 21.3. The minimum absolute atomic E-state index is 0.186. The molecule has 34 heavy (non-hydrogen) atoms. The molecular weight excluding hydrogens is 426 g/mol. The Morgan fingerprint density at radius 3 is 2.53 bits per heavy atom. The molecule has 2 aromatic carbocycles. The number of fused-ring (bicyclic) bond motifs is 2. The lowest BCUT2D eigenvalue weighted by Gasteiger charge is -2.06. The summed E-state index contributed by atoms with van der Waals surface area (Å²) in [5.74, 6) is -0.110. The highest BCUT2D eigenvalue weighted by Gasteiger charge is 2.23. The summed E-state index contributed by atoms with van der Waals surface area (Å²) in [5.41, 5.74) is 10.9. The van der Waals surface area contributed by atoms with E-state index in [1.807, 2.05) is 54.6 Å². The molecule has 3 N–H and O–H groups in total. The average Bonchev–Trinajstić information content (AvgIpc) is 3.15. The van der Waals surface area contributed by atoms with Crippen LogP contribution in [0, 0.1) is 0 Å². The standard InChI is InChI=1S/C26H23N7O/c27-24-22(26(34)29-15-7-10-18-8-2-1-3-9-18)23-25(32-21-13-5-4-12-20(21)31-23)33(24)30-17-19-11-6-14-28-16-19/h1-6,8-9,11-14,16-17H,7,10,15,27H2,(H,29,34)/b30-17+. The number of carbonyl (C=O) groups excluding carboxylic acids is 1. The van der Waals surface area contributed by atoms with Crippen LogP contribution in [-0.4, -0.2) is 38.3 Å². The molecule has 0 saturated heterocycles. The Morgan fingerprint density at radius 2 is 1.76 bits per heavy atom. The number of hydrogen-bond donors (Lipinski definition) is 2. The zero-order valence-corrected chi connectivity index (χ0v) is 18.4. The fourth-order valence-corrected chi connectivity index (χ4v) is 3.79. The van der Waals surface area contributed by atoms with Crippen molar-refractivity contribution in [3.63, 3.8) is 0 Å². The molecule has 0 spiro atoms. The number of hydrogen-bond acceptors (Lipinski definition) is 6. The number of nitrogens with two attached hydrogens (primary N) is 1. The lowest BCUT2D eigenvalue weighted by Crippen LogP contribution is -2.25. The van der Waals surface area contributed by atoms with Crippen molar-refractivity contribution in [3.8, 4) is 0 Å². The van der Waals surface area contributed by atoms with Gasteiger partial charge in [0.2, 0.25) is 0 Å². The molecule has 8 nitrogen and oxygen atoms in total. The van der Waals surface area contributed by atoms with Crippen LogP contribution in [0.3, 0.4) is 0 Å². The first-order valence-electron chi connectivity index (χ1n) is 11.0. The molecule has 3 heterocycles. The predicted octanol–water partition coefficient (Wildman–Crippen LogP) is 3.81. The van der Waals surface area contributed by atoms with Gasteiger partial charge in [-0.1, -0.05) is 48.5 Å². The number of nitrogen functional groups attached to an aromatic ring is 1. The Labute approximate surface area is 196 Å². The molecule has 0 aliphatic rings. The molecular formula is C26H23N7O. The zero-order valence-electron chi connectivity index (χ0n) is 18.4. The molecule has 0 unspecified atom stereocenters. The lowest BCUT2D eigenvalue weighted by molar-refractivity contribution is 0.0955. The van der Waals surface area contributed by atoms with Crippen molar-refractivity contribution in [2.24, 2.45) is 5.10 Å². The van der Waals surface area contributed by atoms with Gasteiger partial charge in [-0.05, 0) is 36.6 Å². The molecule has 0 saturated carbocycles. The molecule has 5 aromatic rings. The number of carbonyl (C=O) groups is 1. The van der Waals surface area contributed by atoms with Crippen molar-refractivity contribution in [2.45, 2.75) is 12.8 Å². The molecule has 0 radical (unpaired) electrons. The first-order valence-corrected chi connectivity index (χ1v) is 11.0. The van der Waals surface area contributed by atoms with Crippen molar-refractivity contribution in [1.29, 1.82) is 0 Å². The van der Waals surface area contributed by atoms with Gasteiger partial charge in [-0.25, -0.2) is 9.97 Å². The molecule has 168 valence electrons. The Morgan fingerprint density at radius 1 is 1.00 bits per heavy atom. The number of anilines is 1. The Bertz CT molecular complexity index is 1480. The Kier molecular flexibility index (Phi) is 5.94. The topological polar surface area (TPSA) is 111 Å². The van der Waals surface area contributed by atoms with Crippen molar-refractivity contribution >= 4 is 40.1 Å². The second kappa shape index (κ2) is 9.50. The second-order valence-corrected chi connectivity index (χ2v) is 7.83. The van der Waals surface area contributed by atoms with E-state index in [4.69, 9.17) is 15.7 Å². The number of rotatable bonds is 7. The molecule has 8 heteroatoms. The van der Waals surface area contributed by atoms with E-state index in [-0.39, 0.29) is 17.3 Å². The van der Waals surface area contributed by atoms with Gasteiger partial charge in [0.1, 0.15) is 16.9 Å². The molecule has 0 bridgehead atoms. The van der Waals surface area contributed by atoms with Crippen LogP contribution in [0.25, 0.3) is 22.2 Å². The molecule has 0 fully saturated rings. The number of aryl methyl sites for hydroxylation is 1. The largest absolute Gasteiger partial charge is 0.383 e. The smallest absolute Gasteiger partial charge is 0.257 e. The van der Waals surface area contributed by atoms with Crippen LogP contribution in [0.2, 0.25) is 0 Å². The van der Waals surface area contributed by atoms with Crippen molar-refractivity contribution in [1.82, 2.24) is 24.9 Å². The molecule has 3 aromatic heterocycles. The summed E-state index contributed by atoms with van der Waals surface area (Å²) >= 11 is 0. The Balaban J connectivity index is 1.47. The van der Waals surface area contributed by atoms with Crippen LogP contribution in [0.4, 0.5) is 5.82 Å². The van der Waals surface area contributed by atoms with Crippen molar-refractivity contribution in [2.75, 3.05) is 12.3 Å². The maximum Gasteiger partial charge on any atom is 0.257 e. The summed E-state index contributed by atoms with van der Waals surface area (Å²) in [6, 6.07) is 21.4. The van der Waals surface area contributed by atoms with Crippen LogP contribution in [0.1, 0.15) is 27.9 Å². The monoisotopic (exact) mass is 449 g/mol. The first-order chi connectivity index (χ1) is 16.7. The van der Waals surface area contributed by atoms with E-state index in [1.54, 1.807) is 18.6 Å². The molecule has 5 rings (SSSR count). The molecule has 0 aliphatic carbocycles. The van der Waals surface area contributed by atoms with E-state index < -0.39 is 0 Å². The maximum atomic E-state index is 13.2.